The summed E-state index contributed by atoms with van der Waals surface area (Å²) in [4.78, 5) is 10.1. The van der Waals surface area contributed by atoms with E-state index >= 15 is 0 Å². The van der Waals surface area contributed by atoms with Crippen LogP contribution in [-0.2, 0) is 9.84 Å². The Morgan fingerprint density at radius 3 is 2.40 bits per heavy atom. The van der Waals surface area contributed by atoms with Gasteiger partial charge in [0.25, 0.3) is 5.69 Å². The molecule has 6 nitrogen and oxygen atoms in total. The number of nitro groups is 1. The number of hydrogen-bond acceptors (Lipinski definition) is 5. The highest BCUT2D eigenvalue weighted by Crippen LogP contribution is 2.28. The summed E-state index contributed by atoms with van der Waals surface area (Å²) in [6.45, 7) is 0. The van der Waals surface area contributed by atoms with E-state index in [0.29, 0.717) is 6.42 Å². The van der Waals surface area contributed by atoms with E-state index in [-0.39, 0.29) is 28.3 Å². The molecule has 7 heteroatoms. The molecule has 1 saturated carbocycles. The Balaban J connectivity index is 2.04. The summed E-state index contributed by atoms with van der Waals surface area (Å²) in [5.74, 6) is 0.311. The van der Waals surface area contributed by atoms with Gasteiger partial charge in [0.05, 0.1) is 15.6 Å². The number of nitro benzene ring substituents is 1. The smallest absolute Gasteiger partial charge is 0.269 e. The molecule has 0 aliphatic heterocycles. The highest BCUT2D eigenvalue weighted by Gasteiger charge is 2.26. The van der Waals surface area contributed by atoms with Crippen LogP contribution in [0.4, 0.5) is 5.69 Å². The summed E-state index contributed by atoms with van der Waals surface area (Å²) in [6.07, 6.45) is 3.56. The van der Waals surface area contributed by atoms with Gasteiger partial charge in [-0.15, -0.1) is 0 Å². The molecule has 20 heavy (non-hydrogen) atoms. The highest BCUT2D eigenvalue weighted by atomic mass is 32.2. The zero-order valence-electron chi connectivity index (χ0n) is 11.1. The van der Waals surface area contributed by atoms with E-state index in [1.54, 1.807) is 0 Å². The zero-order chi connectivity index (χ0) is 14.8. The van der Waals surface area contributed by atoms with Gasteiger partial charge in [-0.3, -0.25) is 10.1 Å². The highest BCUT2D eigenvalue weighted by molar-refractivity contribution is 7.91. The largest absolute Gasteiger partial charge is 0.327 e. The first-order valence-corrected chi connectivity index (χ1v) is 8.28. The van der Waals surface area contributed by atoms with E-state index in [2.05, 4.69) is 0 Å². The Labute approximate surface area is 118 Å². The van der Waals surface area contributed by atoms with Gasteiger partial charge in [0.1, 0.15) is 0 Å². The number of nitrogens with zero attached hydrogens (tertiary/aromatic N) is 1. The lowest BCUT2D eigenvalue weighted by Crippen LogP contribution is -2.26. The third-order valence-electron chi connectivity index (χ3n) is 3.88. The lowest BCUT2D eigenvalue weighted by Gasteiger charge is -2.14. The summed E-state index contributed by atoms with van der Waals surface area (Å²) in [6, 6.07) is 5.12. The standard InChI is InChI=1S/C13H18N2O4S/c14-13-3-1-2-10(13)8-9-20(18,19)12-6-4-11(5-7-12)15(16)17/h4-7,10,13H,1-3,8-9,14H2. The van der Waals surface area contributed by atoms with Crippen LogP contribution in [0.3, 0.4) is 0 Å². The third kappa shape index (κ3) is 3.34. The molecule has 0 spiro atoms. The van der Waals surface area contributed by atoms with Gasteiger partial charge < -0.3 is 5.73 Å². The Hall–Kier alpha value is -1.47. The molecule has 0 radical (unpaired) electrons. The van der Waals surface area contributed by atoms with Crippen LogP contribution in [0.2, 0.25) is 0 Å². The van der Waals surface area contributed by atoms with Crippen LogP contribution in [0.5, 0.6) is 0 Å². The first kappa shape index (κ1) is 14.9. The molecular weight excluding hydrogens is 280 g/mol. The molecule has 0 amide bonds. The fourth-order valence-electron chi connectivity index (χ4n) is 2.62. The average molecular weight is 298 g/mol. The number of hydrogen-bond donors (Lipinski definition) is 1. The first-order valence-electron chi connectivity index (χ1n) is 6.63. The lowest BCUT2D eigenvalue weighted by atomic mass is 10.0. The summed E-state index contributed by atoms with van der Waals surface area (Å²) in [7, 11) is -3.39. The molecule has 2 atom stereocenters. The summed E-state index contributed by atoms with van der Waals surface area (Å²) in [5.41, 5.74) is 5.82. The van der Waals surface area contributed by atoms with Crippen LogP contribution in [0, 0.1) is 16.0 Å². The van der Waals surface area contributed by atoms with Crippen molar-refractivity contribution in [3.8, 4) is 0 Å². The molecule has 0 heterocycles. The van der Waals surface area contributed by atoms with Crippen molar-refractivity contribution in [1.82, 2.24) is 0 Å². The molecule has 0 aromatic heterocycles. The fraction of sp³-hybridized carbons (Fsp3) is 0.538. The molecule has 2 N–H and O–H groups in total. The second kappa shape index (κ2) is 5.88. The molecule has 0 bridgehead atoms. The molecule has 1 aliphatic rings. The lowest BCUT2D eigenvalue weighted by molar-refractivity contribution is -0.384. The van der Waals surface area contributed by atoms with Gasteiger partial charge in [0.2, 0.25) is 0 Å². The first-order chi connectivity index (χ1) is 9.40. The van der Waals surface area contributed by atoms with E-state index in [9.17, 15) is 18.5 Å². The van der Waals surface area contributed by atoms with Gasteiger partial charge >= 0.3 is 0 Å². The maximum atomic E-state index is 12.2. The number of nitrogens with two attached hydrogens (primary N) is 1. The molecule has 2 rings (SSSR count). The van der Waals surface area contributed by atoms with Crippen LogP contribution < -0.4 is 5.73 Å². The SMILES string of the molecule is NC1CCCC1CCS(=O)(=O)c1ccc([N+](=O)[O-])cc1. The topological polar surface area (TPSA) is 103 Å². The minimum absolute atomic E-state index is 0.0448. The van der Waals surface area contributed by atoms with Gasteiger partial charge in [0.15, 0.2) is 9.84 Å². The van der Waals surface area contributed by atoms with E-state index in [0.717, 1.165) is 19.3 Å². The second-order valence-electron chi connectivity index (χ2n) is 5.21. The van der Waals surface area contributed by atoms with E-state index in [1.165, 1.54) is 24.3 Å². The van der Waals surface area contributed by atoms with Gasteiger partial charge in [-0.2, -0.15) is 0 Å². The van der Waals surface area contributed by atoms with Crippen molar-refractivity contribution in [2.75, 3.05) is 5.75 Å². The molecule has 1 aromatic carbocycles. The normalized spacial score (nSPS) is 22.9. The number of rotatable bonds is 5. The van der Waals surface area contributed by atoms with Gasteiger partial charge in [-0.05, 0) is 37.3 Å². The predicted molar refractivity (Wildman–Crippen MR) is 75.1 cm³/mol. The molecule has 110 valence electrons. The van der Waals surface area contributed by atoms with Crippen molar-refractivity contribution in [2.45, 2.75) is 36.6 Å². The molecule has 0 saturated heterocycles. The van der Waals surface area contributed by atoms with Crippen molar-refractivity contribution in [3.63, 3.8) is 0 Å². The molecule has 1 aromatic rings. The minimum atomic E-state index is -3.39. The van der Waals surface area contributed by atoms with Crippen molar-refractivity contribution < 1.29 is 13.3 Å². The maximum absolute atomic E-state index is 12.2. The summed E-state index contributed by atoms with van der Waals surface area (Å²) >= 11 is 0. The average Bonchev–Trinajstić information content (AvgIpc) is 2.82. The van der Waals surface area contributed by atoms with Gasteiger partial charge in [0, 0.05) is 18.2 Å². The van der Waals surface area contributed by atoms with E-state index in [4.69, 9.17) is 5.73 Å². The van der Waals surface area contributed by atoms with Crippen LogP contribution in [0.25, 0.3) is 0 Å². The van der Waals surface area contributed by atoms with Gasteiger partial charge in [-0.1, -0.05) is 6.42 Å². The van der Waals surface area contributed by atoms with Crippen molar-refractivity contribution in [2.24, 2.45) is 11.7 Å². The van der Waals surface area contributed by atoms with E-state index in [1.807, 2.05) is 0 Å². The Kier molecular flexibility index (Phi) is 4.39. The monoisotopic (exact) mass is 298 g/mol. The molecule has 2 unspecified atom stereocenters. The van der Waals surface area contributed by atoms with Crippen molar-refractivity contribution in [1.29, 1.82) is 0 Å². The Bertz CT molecular complexity index is 583. The molecular formula is C13H18N2O4S. The summed E-state index contributed by atoms with van der Waals surface area (Å²) in [5, 5.41) is 10.5. The Morgan fingerprint density at radius 1 is 1.25 bits per heavy atom. The Morgan fingerprint density at radius 2 is 1.90 bits per heavy atom. The molecule has 1 fully saturated rings. The van der Waals surface area contributed by atoms with Crippen molar-refractivity contribution >= 4 is 15.5 Å². The number of non-ortho nitro benzene ring substituents is 1. The summed E-state index contributed by atoms with van der Waals surface area (Å²) < 4.78 is 24.3. The number of benzene rings is 1. The van der Waals surface area contributed by atoms with Crippen molar-refractivity contribution in [3.05, 3.63) is 34.4 Å². The van der Waals surface area contributed by atoms with Gasteiger partial charge in [-0.25, -0.2) is 8.42 Å². The van der Waals surface area contributed by atoms with Crippen LogP contribution >= 0.6 is 0 Å². The number of sulfone groups is 1. The second-order valence-corrected chi connectivity index (χ2v) is 7.32. The quantitative estimate of drug-likeness (QED) is 0.660. The minimum Gasteiger partial charge on any atom is -0.327 e. The third-order valence-corrected chi connectivity index (χ3v) is 5.65. The van der Waals surface area contributed by atoms with Crippen LogP contribution in [-0.4, -0.2) is 25.1 Å². The zero-order valence-corrected chi connectivity index (χ0v) is 11.9. The molecule has 1 aliphatic carbocycles. The van der Waals surface area contributed by atoms with Crippen LogP contribution in [0.15, 0.2) is 29.2 Å². The van der Waals surface area contributed by atoms with E-state index < -0.39 is 14.8 Å². The maximum Gasteiger partial charge on any atom is 0.269 e. The predicted octanol–water partition coefficient (Wildman–Crippen LogP) is 1.89. The fourth-order valence-corrected chi connectivity index (χ4v) is 4.02. The van der Waals surface area contributed by atoms with Crippen LogP contribution in [0.1, 0.15) is 25.7 Å².